The van der Waals surface area contributed by atoms with E-state index in [-0.39, 0.29) is 12.5 Å². The smallest absolute Gasteiger partial charge is 0.130 e. The second kappa shape index (κ2) is 6.55. The predicted octanol–water partition coefficient (Wildman–Crippen LogP) is 2.07. The Balaban J connectivity index is 2.42. The maximum absolute atomic E-state index is 13.2. The lowest BCUT2D eigenvalue weighted by Gasteiger charge is -2.12. The Hall–Kier alpha value is -1.00. The number of hydrogen-bond acceptors (Lipinski definition) is 2. The number of aliphatic hydroxyl groups excluding tert-OH is 1. The van der Waals surface area contributed by atoms with E-state index in [1.807, 2.05) is 6.92 Å². The summed E-state index contributed by atoms with van der Waals surface area (Å²) in [6.45, 7) is 3.09. The van der Waals surface area contributed by atoms with Crippen LogP contribution < -0.4 is 5.32 Å². The van der Waals surface area contributed by atoms with Crippen molar-refractivity contribution in [2.45, 2.75) is 19.9 Å². The van der Waals surface area contributed by atoms with Gasteiger partial charge in [-0.3, -0.25) is 0 Å². The molecular formula is C12H17F2NO. The lowest BCUT2D eigenvalue weighted by molar-refractivity contribution is 0.218. The van der Waals surface area contributed by atoms with Gasteiger partial charge in [0.2, 0.25) is 0 Å². The van der Waals surface area contributed by atoms with Crippen LogP contribution in [0.3, 0.4) is 0 Å². The molecule has 2 nitrogen and oxygen atoms in total. The Kier molecular flexibility index (Phi) is 5.35. The van der Waals surface area contributed by atoms with Crippen LogP contribution in [0.1, 0.15) is 18.9 Å². The van der Waals surface area contributed by atoms with Crippen LogP contribution in [-0.4, -0.2) is 18.3 Å². The zero-order chi connectivity index (χ0) is 12.0. The number of halogens is 2. The minimum atomic E-state index is -0.567. The van der Waals surface area contributed by atoms with Crippen molar-refractivity contribution in [3.05, 3.63) is 35.4 Å². The molecule has 1 aromatic carbocycles. The highest BCUT2D eigenvalue weighted by Gasteiger charge is 2.06. The predicted molar refractivity (Wildman–Crippen MR) is 58.9 cm³/mol. The number of aliphatic hydroxyl groups is 1. The first-order valence-electron chi connectivity index (χ1n) is 5.42. The van der Waals surface area contributed by atoms with Crippen LogP contribution in [0, 0.1) is 17.6 Å². The molecule has 0 bridgehead atoms. The quantitative estimate of drug-likeness (QED) is 0.782. The van der Waals surface area contributed by atoms with Crippen molar-refractivity contribution < 1.29 is 13.9 Å². The number of nitrogens with one attached hydrogen (secondary N) is 1. The van der Waals surface area contributed by atoms with Crippen molar-refractivity contribution in [3.8, 4) is 0 Å². The molecule has 90 valence electrons. The zero-order valence-corrected chi connectivity index (χ0v) is 9.34. The molecule has 0 radical (unpaired) electrons. The van der Waals surface area contributed by atoms with Crippen molar-refractivity contribution >= 4 is 0 Å². The zero-order valence-electron chi connectivity index (χ0n) is 9.34. The van der Waals surface area contributed by atoms with Crippen molar-refractivity contribution in [1.82, 2.24) is 5.32 Å². The minimum absolute atomic E-state index is 0.120. The van der Waals surface area contributed by atoms with Crippen molar-refractivity contribution in [3.63, 3.8) is 0 Å². The third kappa shape index (κ3) is 3.87. The first kappa shape index (κ1) is 13.1. The van der Waals surface area contributed by atoms with Crippen LogP contribution in [0.15, 0.2) is 18.2 Å². The highest BCUT2D eigenvalue weighted by atomic mass is 19.1. The molecule has 0 saturated carbocycles. The van der Waals surface area contributed by atoms with Gasteiger partial charge in [0.1, 0.15) is 11.6 Å². The molecule has 0 saturated heterocycles. The van der Waals surface area contributed by atoms with E-state index in [9.17, 15) is 8.78 Å². The summed E-state index contributed by atoms with van der Waals surface area (Å²) in [6.07, 6.45) is 0.870. The standard InChI is InChI=1S/C12H17F2NO/c1-2-9(8-16)6-15-7-10-3-4-11(13)5-12(10)14/h3-5,9,15-16H,2,6-8H2,1H3. The first-order chi connectivity index (χ1) is 7.67. The lowest BCUT2D eigenvalue weighted by Crippen LogP contribution is -2.24. The molecule has 0 aromatic heterocycles. The van der Waals surface area contributed by atoms with Gasteiger partial charge >= 0.3 is 0 Å². The maximum Gasteiger partial charge on any atom is 0.130 e. The molecule has 0 aliphatic heterocycles. The van der Waals surface area contributed by atoms with E-state index in [4.69, 9.17) is 5.11 Å². The van der Waals surface area contributed by atoms with Crippen LogP contribution in [0.25, 0.3) is 0 Å². The highest BCUT2D eigenvalue weighted by Crippen LogP contribution is 2.09. The minimum Gasteiger partial charge on any atom is -0.396 e. The van der Waals surface area contributed by atoms with Crippen LogP contribution in [0.5, 0.6) is 0 Å². The first-order valence-corrected chi connectivity index (χ1v) is 5.42. The molecule has 0 fully saturated rings. The van der Waals surface area contributed by atoms with Crippen molar-refractivity contribution in [1.29, 1.82) is 0 Å². The number of rotatable bonds is 6. The average Bonchev–Trinajstić information content (AvgIpc) is 2.27. The molecule has 0 spiro atoms. The van der Waals surface area contributed by atoms with Crippen LogP contribution in [0.2, 0.25) is 0 Å². The van der Waals surface area contributed by atoms with Gasteiger partial charge in [0.25, 0.3) is 0 Å². The van der Waals surface area contributed by atoms with Gasteiger partial charge in [-0.1, -0.05) is 13.0 Å². The Morgan fingerprint density at radius 1 is 1.38 bits per heavy atom. The molecule has 0 aliphatic rings. The van der Waals surface area contributed by atoms with Gasteiger partial charge in [-0.25, -0.2) is 8.78 Å². The summed E-state index contributed by atoms with van der Waals surface area (Å²) in [5.41, 5.74) is 0.439. The van der Waals surface area contributed by atoms with Gasteiger partial charge in [-0.15, -0.1) is 0 Å². The largest absolute Gasteiger partial charge is 0.396 e. The SMILES string of the molecule is CCC(CO)CNCc1ccc(F)cc1F. The molecule has 4 heteroatoms. The van der Waals surface area contributed by atoms with Gasteiger partial charge in [0.15, 0.2) is 0 Å². The monoisotopic (exact) mass is 229 g/mol. The molecule has 1 atom stereocenters. The summed E-state index contributed by atoms with van der Waals surface area (Å²) < 4.78 is 25.8. The molecule has 2 N–H and O–H groups in total. The Labute approximate surface area is 94.3 Å². The molecule has 1 rings (SSSR count). The topological polar surface area (TPSA) is 32.3 Å². The Morgan fingerprint density at radius 3 is 2.69 bits per heavy atom. The summed E-state index contributed by atoms with van der Waals surface area (Å²) in [4.78, 5) is 0. The summed E-state index contributed by atoms with van der Waals surface area (Å²) in [6, 6.07) is 3.54. The number of hydrogen-bond donors (Lipinski definition) is 2. The van der Waals surface area contributed by atoms with Gasteiger partial charge in [0.05, 0.1) is 0 Å². The summed E-state index contributed by atoms with van der Waals surface area (Å²) >= 11 is 0. The van der Waals surface area contributed by atoms with E-state index in [2.05, 4.69) is 5.32 Å². The van der Waals surface area contributed by atoms with Gasteiger partial charge < -0.3 is 10.4 Å². The van der Waals surface area contributed by atoms with E-state index in [1.54, 1.807) is 0 Å². The van der Waals surface area contributed by atoms with Gasteiger partial charge in [-0.05, 0) is 18.4 Å². The van der Waals surface area contributed by atoms with Crippen molar-refractivity contribution in [2.75, 3.05) is 13.2 Å². The van der Waals surface area contributed by atoms with E-state index in [1.165, 1.54) is 12.1 Å². The molecule has 0 heterocycles. The fourth-order valence-electron chi connectivity index (χ4n) is 1.41. The van der Waals surface area contributed by atoms with E-state index in [0.717, 1.165) is 12.5 Å². The van der Waals surface area contributed by atoms with E-state index < -0.39 is 11.6 Å². The van der Waals surface area contributed by atoms with Gasteiger partial charge in [-0.2, -0.15) is 0 Å². The summed E-state index contributed by atoms with van der Waals surface area (Å²) in [5.74, 6) is -0.920. The average molecular weight is 229 g/mol. The molecule has 0 aliphatic carbocycles. The molecule has 0 amide bonds. The van der Waals surface area contributed by atoms with Crippen LogP contribution in [0.4, 0.5) is 8.78 Å². The third-order valence-electron chi connectivity index (χ3n) is 2.60. The fraction of sp³-hybridized carbons (Fsp3) is 0.500. The second-order valence-electron chi connectivity index (χ2n) is 3.82. The summed E-state index contributed by atoms with van der Waals surface area (Å²) in [7, 11) is 0. The second-order valence-corrected chi connectivity index (χ2v) is 3.82. The Bertz CT molecular complexity index is 327. The summed E-state index contributed by atoms with van der Waals surface area (Å²) in [5, 5.41) is 12.0. The normalized spacial score (nSPS) is 12.8. The Morgan fingerprint density at radius 2 is 2.12 bits per heavy atom. The fourth-order valence-corrected chi connectivity index (χ4v) is 1.41. The van der Waals surface area contributed by atoms with E-state index >= 15 is 0 Å². The molecular weight excluding hydrogens is 212 g/mol. The van der Waals surface area contributed by atoms with E-state index in [0.29, 0.717) is 18.7 Å². The molecule has 16 heavy (non-hydrogen) atoms. The molecule has 1 aromatic rings. The third-order valence-corrected chi connectivity index (χ3v) is 2.60. The van der Waals surface area contributed by atoms with Gasteiger partial charge in [0, 0.05) is 31.3 Å². The molecule has 1 unspecified atom stereocenters. The number of benzene rings is 1. The highest BCUT2D eigenvalue weighted by molar-refractivity contribution is 5.18. The maximum atomic E-state index is 13.2. The lowest BCUT2D eigenvalue weighted by atomic mass is 10.1. The van der Waals surface area contributed by atoms with Crippen LogP contribution >= 0.6 is 0 Å². The van der Waals surface area contributed by atoms with Crippen molar-refractivity contribution in [2.24, 2.45) is 5.92 Å². The van der Waals surface area contributed by atoms with Crippen LogP contribution in [-0.2, 0) is 6.54 Å².